The number of carbonyl (C=O) groups is 2. The van der Waals surface area contributed by atoms with Gasteiger partial charge in [-0.2, -0.15) is 0 Å². The first-order valence-electron chi connectivity index (χ1n) is 11.9. The highest BCUT2D eigenvalue weighted by molar-refractivity contribution is 5.95. The van der Waals surface area contributed by atoms with Crippen molar-refractivity contribution in [2.75, 3.05) is 31.6 Å². The van der Waals surface area contributed by atoms with Gasteiger partial charge in [-0.3, -0.25) is 9.59 Å². The molecule has 0 aliphatic carbocycles. The van der Waals surface area contributed by atoms with Gasteiger partial charge in [-0.1, -0.05) is 42.5 Å². The molecule has 4 rings (SSSR count). The number of likely N-dealkylation sites (tertiary alicyclic amines) is 1. The zero-order valence-electron chi connectivity index (χ0n) is 18.9. The third-order valence-corrected chi connectivity index (χ3v) is 6.24. The molecule has 6 heteroatoms. The molecule has 0 bridgehead atoms. The first-order valence-corrected chi connectivity index (χ1v) is 11.9. The summed E-state index contributed by atoms with van der Waals surface area (Å²) in [4.78, 5) is 27.2. The average molecular weight is 449 g/mol. The van der Waals surface area contributed by atoms with E-state index in [1.165, 1.54) is 0 Å². The second-order valence-electron chi connectivity index (χ2n) is 8.63. The van der Waals surface area contributed by atoms with Crippen LogP contribution in [0.25, 0.3) is 6.08 Å². The first kappa shape index (κ1) is 23.1. The Labute approximate surface area is 195 Å². The van der Waals surface area contributed by atoms with Gasteiger partial charge in [-0.05, 0) is 55.9 Å². The Hall–Kier alpha value is -3.12. The highest BCUT2D eigenvalue weighted by atomic mass is 16.5. The van der Waals surface area contributed by atoms with Crippen LogP contribution in [0.1, 0.15) is 37.7 Å². The van der Waals surface area contributed by atoms with Gasteiger partial charge in [0.1, 0.15) is 12.4 Å². The molecular formula is C27H32N2O4. The molecule has 0 radical (unpaired) electrons. The Morgan fingerprint density at radius 1 is 1.00 bits per heavy atom. The van der Waals surface area contributed by atoms with E-state index in [0.717, 1.165) is 31.4 Å². The summed E-state index contributed by atoms with van der Waals surface area (Å²) in [5, 5.41) is 3.04. The van der Waals surface area contributed by atoms with Crippen molar-refractivity contribution in [3.05, 3.63) is 66.2 Å². The number of hydrogen-bond acceptors (Lipinski definition) is 4. The summed E-state index contributed by atoms with van der Waals surface area (Å²) in [6.45, 7) is 2.43. The van der Waals surface area contributed by atoms with Crippen molar-refractivity contribution in [2.45, 2.75) is 38.2 Å². The summed E-state index contributed by atoms with van der Waals surface area (Å²) in [5.41, 5.74) is 1.68. The smallest absolute Gasteiger partial charge is 0.246 e. The highest BCUT2D eigenvalue weighted by Gasteiger charge is 2.27. The number of rotatable bonds is 7. The van der Waals surface area contributed by atoms with E-state index in [4.69, 9.17) is 9.47 Å². The largest absolute Gasteiger partial charge is 0.489 e. The second-order valence-corrected chi connectivity index (χ2v) is 8.63. The molecule has 0 spiro atoms. The van der Waals surface area contributed by atoms with E-state index < -0.39 is 0 Å². The third-order valence-electron chi connectivity index (χ3n) is 6.24. The van der Waals surface area contributed by atoms with Gasteiger partial charge >= 0.3 is 0 Å². The van der Waals surface area contributed by atoms with Crippen LogP contribution in [0.15, 0.2) is 60.7 Å². The third kappa shape index (κ3) is 6.68. The second kappa shape index (κ2) is 11.7. The maximum absolute atomic E-state index is 12.9. The van der Waals surface area contributed by atoms with Gasteiger partial charge in [0.2, 0.25) is 11.8 Å². The van der Waals surface area contributed by atoms with E-state index in [9.17, 15) is 9.59 Å². The number of nitrogens with zero attached hydrogens (tertiary/aromatic N) is 1. The fraction of sp³-hybridized carbons (Fsp3) is 0.407. The standard InChI is InChI=1S/C27H32N2O4/c30-26(14-13-21-8-2-1-3-9-21)29-17-15-22(16-18-29)27(31)28-24-11-4-5-12-25(24)33-20-23-10-6-7-19-32-23/h1-5,8-9,11-14,22-23H,6-7,10,15-20H2,(H,28,31)/b14-13+. The number of piperidine rings is 1. The Balaban J connectivity index is 1.26. The molecule has 1 N–H and O–H groups in total. The summed E-state index contributed by atoms with van der Waals surface area (Å²) < 4.78 is 11.7. The van der Waals surface area contributed by atoms with E-state index in [1.54, 1.807) is 6.08 Å². The van der Waals surface area contributed by atoms with Gasteiger partial charge in [0.05, 0.1) is 11.8 Å². The number of nitrogens with one attached hydrogen (secondary N) is 1. The predicted octanol–water partition coefficient (Wildman–Crippen LogP) is 4.53. The lowest BCUT2D eigenvalue weighted by molar-refractivity contribution is -0.130. The Morgan fingerprint density at radius 3 is 2.52 bits per heavy atom. The van der Waals surface area contributed by atoms with Crippen molar-refractivity contribution in [1.29, 1.82) is 0 Å². The van der Waals surface area contributed by atoms with Crippen molar-refractivity contribution in [3.8, 4) is 5.75 Å². The summed E-state index contributed by atoms with van der Waals surface area (Å²) >= 11 is 0. The molecule has 0 aromatic heterocycles. The monoisotopic (exact) mass is 448 g/mol. The van der Waals surface area contributed by atoms with Crippen LogP contribution in [0, 0.1) is 5.92 Å². The summed E-state index contributed by atoms with van der Waals surface area (Å²) in [6, 6.07) is 17.3. The fourth-order valence-corrected chi connectivity index (χ4v) is 4.25. The fourth-order valence-electron chi connectivity index (χ4n) is 4.25. The topological polar surface area (TPSA) is 67.9 Å². The number of hydrogen-bond donors (Lipinski definition) is 1. The van der Waals surface area contributed by atoms with Gasteiger partial charge in [0.25, 0.3) is 0 Å². The lowest BCUT2D eigenvalue weighted by atomic mass is 9.95. The van der Waals surface area contributed by atoms with Crippen LogP contribution in [-0.2, 0) is 14.3 Å². The molecule has 1 unspecified atom stereocenters. The Morgan fingerprint density at radius 2 is 1.76 bits per heavy atom. The molecule has 1 atom stereocenters. The summed E-state index contributed by atoms with van der Waals surface area (Å²) in [5.74, 6) is 0.508. The van der Waals surface area contributed by atoms with Gasteiger partial charge in [-0.15, -0.1) is 0 Å². The van der Waals surface area contributed by atoms with Gasteiger partial charge in [-0.25, -0.2) is 0 Å². The van der Waals surface area contributed by atoms with Crippen molar-refractivity contribution in [1.82, 2.24) is 4.90 Å². The molecule has 2 heterocycles. The van der Waals surface area contributed by atoms with E-state index in [-0.39, 0.29) is 23.8 Å². The normalized spacial score (nSPS) is 19.4. The number of ether oxygens (including phenoxy) is 2. The maximum Gasteiger partial charge on any atom is 0.246 e. The Bertz CT molecular complexity index is 946. The number of amides is 2. The number of benzene rings is 2. The molecule has 2 aromatic carbocycles. The molecule has 2 saturated heterocycles. The van der Waals surface area contributed by atoms with E-state index in [0.29, 0.717) is 44.0 Å². The quantitative estimate of drug-likeness (QED) is 0.632. The van der Waals surface area contributed by atoms with E-state index >= 15 is 0 Å². The number of carbonyl (C=O) groups excluding carboxylic acids is 2. The minimum atomic E-state index is -0.123. The minimum absolute atomic E-state index is 0.0126. The highest BCUT2D eigenvalue weighted by Crippen LogP contribution is 2.27. The van der Waals surface area contributed by atoms with Crippen LogP contribution >= 0.6 is 0 Å². The van der Waals surface area contributed by atoms with E-state index in [2.05, 4.69) is 5.32 Å². The SMILES string of the molecule is O=C(Nc1ccccc1OCC1CCCCO1)C1CCN(C(=O)/C=C/c2ccccc2)CC1. The van der Waals surface area contributed by atoms with Crippen LogP contribution in [0.4, 0.5) is 5.69 Å². The molecule has 2 amide bonds. The summed E-state index contributed by atoms with van der Waals surface area (Å²) in [7, 11) is 0. The van der Waals surface area contributed by atoms with Crippen LogP contribution in [0.2, 0.25) is 0 Å². The Kier molecular flexibility index (Phi) is 8.14. The van der Waals surface area contributed by atoms with E-state index in [1.807, 2.05) is 65.6 Å². The summed E-state index contributed by atoms with van der Waals surface area (Å²) in [6.07, 6.45) is 8.13. The zero-order valence-corrected chi connectivity index (χ0v) is 18.9. The molecule has 174 valence electrons. The van der Waals surface area contributed by atoms with Crippen molar-refractivity contribution in [3.63, 3.8) is 0 Å². The molecule has 0 saturated carbocycles. The molecular weight excluding hydrogens is 416 g/mol. The van der Waals surface area contributed by atoms with Crippen molar-refractivity contribution < 1.29 is 19.1 Å². The van der Waals surface area contributed by atoms with Gasteiger partial charge < -0.3 is 19.7 Å². The lowest BCUT2D eigenvalue weighted by Gasteiger charge is -2.30. The van der Waals surface area contributed by atoms with Crippen molar-refractivity contribution >= 4 is 23.6 Å². The first-order chi connectivity index (χ1) is 16.2. The van der Waals surface area contributed by atoms with Gasteiger partial charge in [0, 0.05) is 31.7 Å². The van der Waals surface area contributed by atoms with Crippen molar-refractivity contribution in [2.24, 2.45) is 5.92 Å². The zero-order chi connectivity index (χ0) is 22.9. The lowest BCUT2D eigenvalue weighted by Crippen LogP contribution is -2.40. The van der Waals surface area contributed by atoms with Crippen LogP contribution < -0.4 is 10.1 Å². The maximum atomic E-state index is 12.9. The van der Waals surface area contributed by atoms with Crippen LogP contribution in [0.5, 0.6) is 5.75 Å². The molecule has 33 heavy (non-hydrogen) atoms. The van der Waals surface area contributed by atoms with Crippen LogP contribution in [-0.4, -0.2) is 49.1 Å². The molecule has 2 aliphatic rings. The number of anilines is 1. The minimum Gasteiger partial charge on any atom is -0.489 e. The number of para-hydroxylation sites is 2. The van der Waals surface area contributed by atoms with Crippen LogP contribution in [0.3, 0.4) is 0 Å². The predicted molar refractivity (Wildman–Crippen MR) is 129 cm³/mol. The molecule has 2 aromatic rings. The molecule has 2 aliphatic heterocycles. The molecule has 6 nitrogen and oxygen atoms in total. The molecule has 2 fully saturated rings. The van der Waals surface area contributed by atoms with Gasteiger partial charge in [0.15, 0.2) is 0 Å². The average Bonchev–Trinajstić information content (AvgIpc) is 2.88.